The third-order valence-corrected chi connectivity index (χ3v) is 3.63. The number of aromatic nitrogens is 2. The summed E-state index contributed by atoms with van der Waals surface area (Å²) in [6.07, 6.45) is 3.79. The fraction of sp³-hybridized carbons (Fsp3) is 0.250. The number of nitrogens with two attached hydrogens (primary N) is 1. The number of benzene rings is 1. The van der Waals surface area contributed by atoms with E-state index in [0.29, 0.717) is 31.6 Å². The lowest BCUT2D eigenvalue weighted by molar-refractivity contribution is -0.131. The first-order valence-electron chi connectivity index (χ1n) is 7.02. The third-order valence-electron chi connectivity index (χ3n) is 3.63. The molecule has 2 heterocycles. The summed E-state index contributed by atoms with van der Waals surface area (Å²) in [4.78, 5) is 33.2. The van der Waals surface area contributed by atoms with Crippen LogP contribution in [0.4, 0.5) is 0 Å². The zero-order valence-corrected chi connectivity index (χ0v) is 12.0. The molecule has 1 radical (unpaired) electrons. The predicted molar refractivity (Wildman–Crippen MR) is 78.7 cm³/mol. The summed E-state index contributed by atoms with van der Waals surface area (Å²) in [6, 6.07) is 9.60. The number of hydrogen-bond acceptors (Lipinski definition) is 4. The molecule has 0 spiro atoms. The van der Waals surface area contributed by atoms with E-state index < -0.39 is 5.91 Å². The van der Waals surface area contributed by atoms with Crippen molar-refractivity contribution in [3.8, 4) is 0 Å². The molecule has 0 fully saturated rings. The van der Waals surface area contributed by atoms with Gasteiger partial charge in [-0.25, -0.2) is 9.97 Å². The molecule has 2 aromatic rings. The molecule has 0 bridgehead atoms. The van der Waals surface area contributed by atoms with Crippen LogP contribution in [0.15, 0.2) is 30.3 Å². The van der Waals surface area contributed by atoms with E-state index in [-0.39, 0.29) is 11.7 Å². The molecule has 1 aromatic heterocycles. The van der Waals surface area contributed by atoms with Crippen molar-refractivity contribution in [2.24, 2.45) is 5.73 Å². The van der Waals surface area contributed by atoms with Gasteiger partial charge >= 0.3 is 0 Å². The zero-order chi connectivity index (χ0) is 15.5. The Morgan fingerprint density at radius 2 is 2.05 bits per heavy atom. The second-order valence-corrected chi connectivity index (χ2v) is 5.18. The average molecular weight is 295 g/mol. The van der Waals surface area contributed by atoms with Crippen molar-refractivity contribution in [1.29, 1.82) is 0 Å². The van der Waals surface area contributed by atoms with E-state index in [4.69, 9.17) is 5.73 Å². The lowest BCUT2D eigenvalue weighted by Crippen LogP contribution is -2.38. The summed E-state index contributed by atoms with van der Waals surface area (Å²) in [5.74, 6) is -0.709. The Kier molecular flexibility index (Phi) is 3.82. The molecule has 6 heteroatoms. The number of nitrogens with zero attached hydrogens (tertiary/aromatic N) is 3. The van der Waals surface area contributed by atoms with Crippen molar-refractivity contribution in [3.05, 3.63) is 59.2 Å². The largest absolute Gasteiger partial charge is 0.363 e. The minimum atomic E-state index is -0.688. The molecule has 1 aromatic carbocycles. The molecular formula is C16H15N4O2. The van der Waals surface area contributed by atoms with Crippen molar-refractivity contribution in [2.75, 3.05) is 6.54 Å². The number of fused-ring (bicyclic) bond motifs is 1. The van der Waals surface area contributed by atoms with Gasteiger partial charge in [0, 0.05) is 12.1 Å². The monoisotopic (exact) mass is 295 g/mol. The van der Waals surface area contributed by atoms with Crippen LogP contribution in [0.5, 0.6) is 0 Å². The van der Waals surface area contributed by atoms with E-state index in [1.165, 1.54) is 0 Å². The summed E-state index contributed by atoms with van der Waals surface area (Å²) >= 11 is 0. The molecule has 3 rings (SSSR count). The van der Waals surface area contributed by atoms with Crippen LogP contribution < -0.4 is 5.73 Å². The minimum Gasteiger partial charge on any atom is -0.363 e. The van der Waals surface area contributed by atoms with Crippen molar-refractivity contribution >= 4 is 11.8 Å². The summed E-state index contributed by atoms with van der Waals surface area (Å²) in [5, 5.41) is 0. The predicted octanol–water partition coefficient (Wildman–Crippen LogP) is 0.503. The molecule has 0 aliphatic carbocycles. The lowest BCUT2D eigenvalue weighted by Gasteiger charge is -2.28. The quantitative estimate of drug-likeness (QED) is 0.893. The number of amides is 2. The molecule has 0 atom stereocenters. The van der Waals surface area contributed by atoms with Gasteiger partial charge in [0.25, 0.3) is 5.91 Å². The van der Waals surface area contributed by atoms with E-state index in [0.717, 1.165) is 11.1 Å². The van der Waals surface area contributed by atoms with E-state index in [2.05, 4.69) is 16.2 Å². The maximum absolute atomic E-state index is 12.4. The van der Waals surface area contributed by atoms with Gasteiger partial charge in [-0.05, 0) is 12.0 Å². The number of carbonyl (C=O) groups is 2. The van der Waals surface area contributed by atoms with Crippen molar-refractivity contribution < 1.29 is 9.59 Å². The van der Waals surface area contributed by atoms with Crippen LogP contribution in [-0.4, -0.2) is 33.2 Å². The Labute approximate surface area is 128 Å². The average Bonchev–Trinajstić information content (AvgIpc) is 2.54. The van der Waals surface area contributed by atoms with Gasteiger partial charge in [-0.2, -0.15) is 0 Å². The first-order valence-corrected chi connectivity index (χ1v) is 7.02. The van der Waals surface area contributed by atoms with E-state index in [1.54, 1.807) is 4.90 Å². The number of carbonyl (C=O) groups excluding carboxylic acids is 2. The van der Waals surface area contributed by atoms with E-state index in [1.807, 2.05) is 30.3 Å². The van der Waals surface area contributed by atoms with Crippen molar-refractivity contribution in [1.82, 2.24) is 14.9 Å². The van der Waals surface area contributed by atoms with Gasteiger partial charge in [0.05, 0.1) is 24.9 Å². The van der Waals surface area contributed by atoms with Gasteiger partial charge in [-0.3, -0.25) is 9.59 Å². The number of rotatable bonds is 3. The summed E-state index contributed by atoms with van der Waals surface area (Å²) < 4.78 is 0. The Bertz CT molecular complexity index is 715. The Morgan fingerprint density at radius 1 is 1.27 bits per heavy atom. The SMILES string of the molecule is NC(=O)c1n[c]c2c(n1)CN(C(=O)Cc1ccccc1)CC2. The molecule has 2 N–H and O–H groups in total. The molecule has 0 saturated heterocycles. The molecule has 0 saturated carbocycles. The maximum atomic E-state index is 12.4. The molecule has 111 valence electrons. The molecule has 1 aliphatic rings. The first-order chi connectivity index (χ1) is 10.6. The molecule has 22 heavy (non-hydrogen) atoms. The molecule has 6 nitrogen and oxygen atoms in total. The second-order valence-electron chi connectivity index (χ2n) is 5.18. The summed E-state index contributed by atoms with van der Waals surface area (Å²) in [5.41, 5.74) is 7.65. The van der Waals surface area contributed by atoms with Crippen molar-refractivity contribution in [2.45, 2.75) is 19.4 Å². The molecule has 2 amide bonds. The van der Waals surface area contributed by atoms with Gasteiger partial charge in [0.2, 0.25) is 11.7 Å². The standard InChI is InChI=1S/C16H15N4O2/c17-15(22)16-18-9-12-6-7-20(10-13(12)19-16)14(21)8-11-4-2-1-3-5-11/h1-5H,6-8,10H2,(H2,17,22). The fourth-order valence-corrected chi connectivity index (χ4v) is 2.45. The van der Waals surface area contributed by atoms with Crippen LogP contribution in [0.3, 0.4) is 0 Å². The Hall–Kier alpha value is -2.76. The highest BCUT2D eigenvalue weighted by Gasteiger charge is 2.23. The van der Waals surface area contributed by atoms with Gasteiger partial charge in [-0.1, -0.05) is 30.3 Å². The van der Waals surface area contributed by atoms with E-state index >= 15 is 0 Å². The number of primary amides is 1. The molecule has 1 aliphatic heterocycles. The van der Waals surface area contributed by atoms with E-state index in [9.17, 15) is 9.59 Å². The highest BCUT2D eigenvalue weighted by atomic mass is 16.2. The topological polar surface area (TPSA) is 89.2 Å². The second kappa shape index (κ2) is 5.93. The van der Waals surface area contributed by atoms with Gasteiger partial charge < -0.3 is 10.6 Å². The molecule has 0 unspecified atom stereocenters. The third kappa shape index (κ3) is 2.95. The van der Waals surface area contributed by atoms with Crippen LogP contribution in [-0.2, 0) is 24.2 Å². The Morgan fingerprint density at radius 3 is 2.77 bits per heavy atom. The van der Waals surface area contributed by atoms with Gasteiger partial charge in [-0.15, -0.1) is 0 Å². The van der Waals surface area contributed by atoms with Crippen molar-refractivity contribution in [3.63, 3.8) is 0 Å². The van der Waals surface area contributed by atoms with Crippen LogP contribution in [0, 0.1) is 6.20 Å². The summed E-state index contributed by atoms with van der Waals surface area (Å²) in [6.45, 7) is 0.967. The first kappa shape index (κ1) is 14.2. The lowest BCUT2D eigenvalue weighted by atomic mass is 10.1. The van der Waals surface area contributed by atoms with Crippen LogP contribution in [0.1, 0.15) is 27.4 Å². The molecular weight excluding hydrogens is 280 g/mol. The van der Waals surface area contributed by atoms with Gasteiger partial charge in [0.15, 0.2) is 0 Å². The highest BCUT2D eigenvalue weighted by molar-refractivity contribution is 5.88. The van der Waals surface area contributed by atoms with Crippen LogP contribution >= 0.6 is 0 Å². The summed E-state index contributed by atoms with van der Waals surface area (Å²) in [7, 11) is 0. The van der Waals surface area contributed by atoms with Crippen LogP contribution in [0.2, 0.25) is 0 Å². The smallest absolute Gasteiger partial charge is 0.286 e. The van der Waals surface area contributed by atoms with Gasteiger partial charge in [0.1, 0.15) is 0 Å². The minimum absolute atomic E-state index is 0.0380. The number of hydrogen-bond donors (Lipinski definition) is 1. The van der Waals surface area contributed by atoms with Crippen LogP contribution in [0.25, 0.3) is 0 Å². The Balaban J connectivity index is 1.74. The maximum Gasteiger partial charge on any atom is 0.286 e. The highest BCUT2D eigenvalue weighted by Crippen LogP contribution is 2.17. The fourth-order valence-electron chi connectivity index (χ4n) is 2.45. The normalized spacial score (nSPS) is 13.5. The zero-order valence-electron chi connectivity index (χ0n) is 12.0.